The molecule has 6 heteroatoms. The lowest BCUT2D eigenvalue weighted by Crippen LogP contribution is -1.87. The van der Waals surface area contributed by atoms with Crippen molar-refractivity contribution >= 4 is 29.0 Å². The summed E-state index contributed by atoms with van der Waals surface area (Å²) in [6, 6.07) is 6.90. The highest BCUT2D eigenvalue weighted by Gasteiger charge is 2.11. The van der Waals surface area contributed by atoms with Gasteiger partial charge in [0.05, 0.1) is 5.02 Å². The van der Waals surface area contributed by atoms with Gasteiger partial charge in [-0.25, -0.2) is 4.98 Å². The molecule has 0 aliphatic carbocycles. The van der Waals surface area contributed by atoms with Crippen LogP contribution in [0.25, 0.3) is 11.4 Å². The summed E-state index contributed by atoms with van der Waals surface area (Å²) in [6.07, 6.45) is 0. The first kappa shape index (κ1) is 10.8. The van der Waals surface area contributed by atoms with Crippen LogP contribution in [0, 0.1) is 11.3 Å². The normalized spacial score (nSPS) is 10.1. The summed E-state index contributed by atoms with van der Waals surface area (Å²) in [6.45, 7) is 0. The first-order valence-electron chi connectivity index (χ1n) is 4.33. The van der Waals surface area contributed by atoms with Gasteiger partial charge in [0, 0.05) is 10.6 Å². The Morgan fingerprint density at radius 1 is 1.38 bits per heavy atom. The van der Waals surface area contributed by atoms with Crippen LogP contribution in [0.5, 0.6) is 0 Å². The molecule has 3 N–H and O–H groups in total. The number of aromatic nitrogens is 2. The number of halogens is 2. The summed E-state index contributed by atoms with van der Waals surface area (Å²) >= 11 is 11.8. The van der Waals surface area contributed by atoms with Crippen molar-refractivity contribution in [2.24, 2.45) is 0 Å². The quantitative estimate of drug-likeness (QED) is 0.820. The Balaban J connectivity index is 2.55. The molecule has 0 aliphatic rings. The number of nitrogen functional groups attached to an aromatic ring is 1. The molecule has 2 rings (SSSR count). The SMILES string of the molecule is N#Cc1[nH]c(-c2ccc(Cl)cc2Cl)nc1N. The summed E-state index contributed by atoms with van der Waals surface area (Å²) in [5.74, 6) is 0.610. The molecule has 0 atom stereocenters. The molecule has 0 saturated carbocycles. The average molecular weight is 253 g/mol. The van der Waals surface area contributed by atoms with Crippen molar-refractivity contribution in [3.8, 4) is 17.5 Å². The fourth-order valence-corrected chi connectivity index (χ4v) is 1.78. The molecule has 0 amide bonds. The van der Waals surface area contributed by atoms with Crippen LogP contribution < -0.4 is 5.73 Å². The van der Waals surface area contributed by atoms with E-state index >= 15 is 0 Å². The summed E-state index contributed by atoms with van der Waals surface area (Å²) in [5, 5.41) is 9.72. The number of rotatable bonds is 1. The first-order valence-corrected chi connectivity index (χ1v) is 5.08. The standard InChI is InChI=1S/C10H6Cl2N4/c11-5-1-2-6(7(12)3-5)10-15-8(4-13)9(14)16-10/h1-3H,14H2,(H,15,16). The molecule has 2 aromatic rings. The Morgan fingerprint density at radius 3 is 2.69 bits per heavy atom. The number of anilines is 1. The number of nitrogens with zero attached hydrogens (tertiary/aromatic N) is 2. The zero-order valence-electron chi connectivity index (χ0n) is 7.96. The van der Waals surface area contributed by atoms with Gasteiger partial charge < -0.3 is 10.7 Å². The lowest BCUT2D eigenvalue weighted by molar-refractivity contribution is 1.29. The van der Waals surface area contributed by atoms with E-state index in [2.05, 4.69) is 9.97 Å². The maximum atomic E-state index is 8.74. The van der Waals surface area contributed by atoms with Crippen LogP contribution in [0.3, 0.4) is 0 Å². The minimum absolute atomic E-state index is 0.156. The number of hydrogen-bond donors (Lipinski definition) is 2. The highest BCUT2D eigenvalue weighted by Crippen LogP contribution is 2.29. The summed E-state index contributed by atoms with van der Waals surface area (Å²) in [7, 11) is 0. The van der Waals surface area contributed by atoms with Gasteiger partial charge in [-0.05, 0) is 18.2 Å². The van der Waals surface area contributed by atoms with Gasteiger partial charge in [0.15, 0.2) is 11.5 Å². The third-order valence-electron chi connectivity index (χ3n) is 2.03. The van der Waals surface area contributed by atoms with Gasteiger partial charge in [-0.2, -0.15) is 5.26 Å². The van der Waals surface area contributed by atoms with Gasteiger partial charge >= 0.3 is 0 Å². The number of nitrogens with two attached hydrogens (primary N) is 1. The van der Waals surface area contributed by atoms with E-state index in [0.29, 0.717) is 21.4 Å². The molecule has 0 radical (unpaired) electrons. The Labute approximate surface area is 102 Å². The highest BCUT2D eigenvalue weighted by atomic mass is 35.5. The van der Waals surface area contributed by atoms with E-state index in [-0.39, 0.29) is 11.5 Å². The Hall–Kier alpha value is -1.70. The third kappa shape index (κ3) is 1.83. The Morgan fingerprint density at radius 2 is 2.12 bits per heavy atom. The highest BCUT2D eigenvalue weighted by molar-refractivity contribution is 6.36. The molecule has 0 aliphatic heterocycles. The molecule has 0 saturated heterocycles. The van der Waals surface area contributed by atoms with Crippen molar-refractivity contribution in [3.05, 3.63) is 33.9 Å². The molecular formula is C10H6Cl2N4. The van der Waals surface area contributed by atoms with Crippen LogP contribution in [0.15, 0.2) is 18.2 Å². The van der Waals surface area contributed by atoms with Crippen LogP contribution in [0.4, 0.5) is 5.82 Å². The Kier molecular flexibility index (Phi) is 2.73. The van der Waals surface area contributed by atoms with Gasteiger partial charge in [-0.3, -0.25) is 0 Å². The van der Waals surface area contributed by atoms with E-state index in [4.69, 9.17) is 34.2 Å². The number of nitrogens with one attached hydrogen (secondary N) is 1. The zero-order chi connectivity index (χ0) is 11.7. The maximum absolute atomic E-state index is 8.74. The van der Waals surface area contributed by atoms with Gasteiger partial charge in [0.2, 0.25) is 0 Å². The smallest absolute Gasteiger partial charge is 0.161 e. The van der Waals surface area contributed by atoms with Crippen molar-refractivity contribution in [3.63, 3.8) is 0 Å². The van der Waals surface area contributed by atoms with Crippen molar-refractivity contribution in [1.29, 1.82) is 5.26 Å². The number of benzene rings is 1. The summed E-state index contributed by atoms with van der Waals surface area (Å²) < 4.78 is 0. The summed E-state index contributed by atoms with van der Waals surface area (Å²) in [5.41, 5.74) is 6.41. The van der Waals surface area contributed by atoms with Crippen LogP contribution in [0.2, 0.25) is 10.0 Å². The van der Waals surface area contributed by atoms with E-state index in [9.17, 15) is 0 Å². The van der Waals surface area contributed by atoms with Crippen LogP contribution in [-0.2, 0) is 0 Å². The molecule has 0 fully saturated rings. The molecule has 80 valence electrons. The second-order valence-corrected chi connectivity index (χ2v) is 3.93. The minimum atomic E-state index is 0.156. The lowest BCUT2D eigenvalue weighted by atomic mass is 10.2. The fourth-order valence-electron chi connectivity index (χ4n) is 1.28. The lowest BCUT2D eigenvalue weighted by Gasteiger charge is -2.00. The first-order chi connectivity index (χ1) is 7.61. The number of H-pyrrole nitrogens is 1. The topological polar surface area (TPSA) is 78.5 Å². The maximum Gasteiger partial charge on any atom is 0.161 e. The van der Waals surface area contributed by atoms with E-state index in [1.54, 1.807) is 18.2 Å². The molecule has 1 heterocycles. The van der Waals surface area contributed by atoms with Gasteiger partial charge in [0.25, 0.3) is 0 Å². The van der Waals surface area contributed by atoms with Gasteiger partial charge in [-0.1, -0.05) is 23.2 Å². The monoisotopic (exact) mass is 252 g/mol. The molecule has 0 bridgehead atoms. The molecule has 1 aromatic heterocycles. The van der Waals surface area contributed by atoms with E-state index < -0.39 is 0 Å². The number of nitriles is 1. The van der Waals surface area contributed by atoms with Crippen LogP contribution >= 0.6 is 23.2 Å². The van der Waals surface area contributed by atoms with Gasteiger partial charge in [-0.15, -0.1) is 0 Å². The van der Waals surface area contributed by atoms with Crippen molar-refractivity contribution < 1.29 is 0 Å². The number of imidazole rings is 1. The molecule has 0 spiro atoms. The minimum Gasteiger partial charge on any atom is -0.381 e. The molecule has 4 nitrogen and oxygen atoms in total. The van der Waals surface area contributed by atoms with Crippen LogP contribution in [0.1, 0.15) is 5.69 Å². The molecule has 16 heavy (non-hydrogen) atoms. The van der Waals surface area contributed by atoms with Crippen molar-refractivity contribution in [2.75, 3.05) is 5.73 Å². The van der Waals surface area contributed by atoms with Crippen molar-refractivity contribution in [1.82, 2.24) is 9.97 Å². The van der Waals surface area contributed by atoms with E-state index in [1.807, 2.05) is 6.07 Å². The largest absolute Gasteiger partial charge is 0.381 e. The van der Waals surface area contributed by atoms with Crippen molar-refractivity contribution in [2.45, 2.75) is 0 Å². The fraction of sp³-hybridized carbons (Fsp3) is 0. The number of hydrogen-bond acceptors (Lipinski definition) is 3. The third-order valence-corrected chi connectivity index (χ3v) is 2.58. The predicted molar refractivity (Wildman–Crippen MR) is 63.2 cm³/mol. The average Bonchev–Trinajstić information content (AvgIpc) is 2.59. The zero-order valence-corrected chi connectivity index (χ0v) is 9.47. The van der Waals surface area contributed by atoms with E-state index in [1.165, 1.54) is 0 Å². The Bertz CT molecular complexity index is 583. The predicted octanol–water partition coefficient (Wildman–Crippen LogP) is 2.84. The van der Waals surface area contributed by atoms with Crippen LogP contribution in [-0.4, -0.2) is 9.97 Å². The molecular weight excluding hydrogens is 247 g/mol. The second kappa shape index (κ2) is 4.05. The summed E-state index contributed by atoms with van der Waals surface area (Å²) in [4.78, 5) is 6.80. The van der Waals surface area contributed by atoms with Gasteiger partial charge in [0.1, 0.15) is 11.9 Å². The molecule has 1 aromatic carbocycles. The second-order valence-electron chi connectivity index (χ2n) is 3.08. The van der Waals surface area contributed by atoms with E-state index in [0.717, 1.165) is 0 Å². The number of aromatic amines is 1. The molecule has 0 unspecified atom stereocenters.